The second-order valence-electron chi connectivity index (χ2n) is 3.67. The fourth-order valence-electron chi connectivity index (χ4n) is 1.86. The van der Waals surface area contributed by atoms with E-state index in [9.17, 15) is 10.0 Å². The lowest BCUT2D eigenvalue weighted by Gasteiger charge is -2.25. The van der Waals surface area contributed by atoms with Crippen LogP contribution in [0, 0.1) is 11.1 Å². The molecule has 0 aromatic rings. The highest BCUT2D eigenvalue weighted by molar-refractivity contribution is 5.72. The fourth-order valence-corrected chi connectivity index (χ4v) is 1.86. The summed E-state index contributed by atoms with van der Waals surface area (Å²) in [6.07, 6.45) is 2.99. The number of rotatable bonds is 3. The molecule has 0 saturated heterocycles. The minimum Gasteiger partial charge on any atom is -0.624 e. The molecule has 0 radical (unpaired) electrons. The molecule has 1 fully saturated rings. The summed E-state index contributed by atoms with van der Waals surface area (Å²) in [5.41, 5.74) is 0. The Hall–Kier alpha value is -1.06. The van der Waals surface area contributed by atoms with Crippen molar-refractivity contribution >= 4 is 12.7 Å². The molecule has 80 valence electrons. The molecule has 0 unspecified atom stereocenters. The monoisotopic (exact) mass is 199 g/mol. The summed E-state index contributed by atoms with van der Waals surface area (Å²) in [6, 6.07) is -0.0133. The lowest BCUT2D eigenvalue weighted by atomic mass is 9.86. The number of hydrogen-bond acceptors (Lipinski definition) is 3. The lowest BCUT2D eigenvalue weighted by molar-refractivity contribution is -0.497. The molecule has 1 rings (SSSR count). The van der Waals surface area contributed by atoms with Crippen LogP contribution in [-0.4, -0.2) is 30.1 Å². The van der Waals surface area contributed by atoms with Crippen LogP contribution in [0.25, 0.3) is 0 Å². The lowest BCUT2D eigenvalue weighted by Crippen LogP contribution is -2.30. The van der Waals surface area contributed by atoms with Crippen molar-refractivity contribution in [3.8, 4) is 0 Å². The van der Waals surface area contributed by atoms with E-state index < -0.39 is 0 Å². The first-order valence-corrected chi connectivity index (χ1v) is 5.08. The molecule has 4 heteroatoms. The molecule has 0 spiro atoms. The van der Waals surface area contributed by atoms with E-state index in [1.165, 1.54) is 0 Å². The Morgan fingerprint density at radius 3 is 2.50 bits per heavy atom. The minimum atomic E-state index is -0.118. The zero-order valence-corrected chi connectivity index (χ0v) is 8.57. The molecule has 0 heterocycles. The van der Waals surface area contributed by atoms with Gasteiger partial charge < -0.3 is 9.94 Å². The number of carbonyl (C=O) groups is 1. The van der Waals surface area contributed by atoms with E-state index in [1.807, 2.05) is 0 Å². The first-order chi connectivity index (χ1) is 6.65. The Morgan fingerprint density at radius 2 is 2.07 bits per heavy atom. The van der Waals surface area contributed by atoms with Gasteiger partial charge >= 0.3 is 5.97 Å². The van der Waals surface area contributed by atoms with E-state index in [-0.39, 0.29) is 17.9 Å². The Kier molecular flexibility index (Phi) is 3.92. The summed E-state index contributed by atoms with van der Waals surface area (Å²) < 4.78 is 5.68. The van der Waals surface area contributed by atoms with Crippen molar-refractivity contribution in [2.45, 2.75) is 38.6 Å². The number of hydrogen-bond donors (Lipinski definition) is 0. The van der Waals surface area contributed by atoms with Gasteiger partial charge in [0, 0.05) is 12.8 Å². The van der Waals surface area contributed by atoms with E-state index >= 15 is 0 Å². The van der Waals surface area contributed by atoms with Gasteiger partial charge in [-0.1, -0.05) is 0 Å². The summed E-state index contributed by atoms with van der Waals surface area (Å²) >= 11 is 0. The van der Waals surface area contributed by atoms with Gasteiger partial charge in [0.1, 0.15) is 6.72 Å². The summed E-state index contributed by atoms with van der Waals surface area (Å²) in [7, 11) is 0. The summed E-state index contributed by atoms with van der Waals surface area (Å²) in [4.78, 5) is 11.3. The molecule has 1 aliphatic carbocycles. The number of ether oxygens (including phenoxy) is 1. The second kappa shape index (κ2) is 4.98. The average molecular weight is 199 g/mol. The molecular formula is C10H17NO3. The molecule has 14 heavy (non-hydrogen) atoms. The molecule has 0 aromatic heterocycles. The Morgan fingerprint density at radius 1 is 1.50 bits per heavy atom. The first-order valence-electron chi connectivity index (χ1n) is 5.08. The van der Waals surface area contributed by atoms with Gasteiger partial charge in [-0.3, -0.25) is 4.79 Å². The zero-order valence-electron chi connectivity index (χ0n) is 8.57. The van der Waals surface area contributed by atoms with Crippen molar-refractivity contribution in [1.82, 2.24) is 0 Å². The normalized spacial score (nSPS) is 26.9. The highest BCUT2D eigenvalue weighted by atomic mass is 16.5. The Balaban J connectivity index is 2.35. The van der Waals surface area contributed by atoms with Crippen LogP contribution in [0.15, 0.2) is 0 Å². The summed E-state index contributed by atoms with van der Waals surface area (Å²) in [6.45, 7) is 5.57. The van der Waals surface area contributed by atoms with Crippen LogP contribution in [0.4, 0.5) is 0 Å². The third kappa shape index (κ3) is 2.72. The largest absolute Gasteiger partial charge is 0.624 e. The van der Waals surface area contributed by atoms with Crippen molar-refractivity contribution in [2.24, 2.45) is 5.92 Å². The van der Waals surface area contributed by atoms with Gasteiger partial charge in [-0.15, -0.1) is 0 Å². The van der Waals surface area contributed by atoms with Gasteiger partial charge in [0.15, 0.2) is 6.04 Å². The van der Waals surface area contributed by atoms with Crippen LogP contribution in [-0.2, 0) is 9.53 Å². The molecule has 1 aliphatic rings. The van der Waals surface area contributed by atoms with E-state index in [4.69, 9.17) is 4.74 Å². The maximum Gasteiger partial charge on any atom is 0.308 e. The molecule has 0 aromatic carbocycles. The van der Waals surface area contributed by atoms with Gasteiger partial charge in [0.25, 0.3) is 0 Å². The number of hydroxylamine groups is 1. The number of esters is 1. The van der Waals surface area contributed by atoms with Gasteiger partial charge in [-0.25, -0.2) is 4.74 Å². The minimum absolute atomic E-state index is 0.00819. The van der Waals surface area contributed by atoms with Gasteiger partial charge in [-0.2, -0.15) is 0 Å². The van der Waals surface area contributed by atoms with E-state index in [1.54, 1.807) is 6.92 Å². The van der Waals surface area contributed by atoms with Gasteiger partial charge in [-0.05, 0) is 19.8 Å². The Labute approximate surface area is 84.1 Å². The molecule has 0 amide bonds. The SMILES string of the molecule is C=[N+]([O-])C1CCC(C(=O)OCC)CC1. The van der Waals surface area contributed by atoms with Crippen LogP contribution in [0.2, 0.25) is 0 Å². The third-order valence-electron chi connectivity index (χ3n) is 2.72. The van der Waals surface area contributed by atoms with Crippen LogP contribution < -0.4 is 0 Å². The first kappa shape index (κ1) is 11.0. The van der Waals surface area contributed by atoms with E-state index in [0.717, 1.165) is 30.4 Å². The van der Waals surface area contributed by atoms with Crippen LogP contribution in [0.3, 0.4) is 0 Å². The zero-order chi connectivity index (χ0) is 10.6. The van der Waals surface area contributed by atoms with Crippen molar-refractivity contribution in [3.05, 3.63) is 5.21 Å². The molecule has 0 N–H and O–H groups in total. The van der Waals surface area contributed by atoms with E-state index in [2.05, 4.69) is 6.72 Å². The fraction of sp³-hybridized carbons (Fsp3) is 0.800. The maximum atomic E-state index is 11.3. The second-order valence-corrected chi connectivity index (χ2v) is 3.67. The molecule has 0 bridgehead atoms. The molecule has 0 aliphatic heterocycles. The quantitative estimate of drug-likeness (QED) is 0.226. The highest BCUT2D eigenvalue weighted by Crippen LogP contribution is 2.26. The molecule has 4 nitrogen and oxygen atoms in total. The van der Waals surface area contributed by atoms with Crippen molar-refractivity contribution in [2.75, 3.05) is 6.61 Å². The van der Waals surface area contributed by atoms with Crippen molar-refractivity contribution in [3.63, 3.8) is 0 Å². The summed E-state index contributed by atoms with van der Waals surface area (Å²) in [5, 5.41) is 10.9. The van der Waals surface area contributed by atoms with Crippen LogP contribution in [0.5, 0.6) is 0 Å². The van der Waals surface area contributed by atoms with Crippen molar-refractivity contribution < 1.29 is 14.3 Å². The smallest absolute Gasteiger partial charge is 0.308 e. The van der Waals surface area contributed by atoms with Crippen LogP contribution in [0.1, 0.15) is 32.6 Å². The predicted octanol–water partition coefficient (Wildman–Crippen LogP) is 1.32. The number of nitrogens with zero attached hydrogens (tertiary/aromatic N) is 1. The van der Waals surface area contributed by atoms with Crippen LogP contribution >= 0.6 is 0 Å². The average Bonchev–Trinajstić information content (AvgIpc) is 2.18. The predicted molar refractivity (Wildman–Crippen MR) is 53.1 cm³/mol. The Bertz CT molecular complexity index is 219. The van der Waals surface area contributed by atoms with Crippen molar-refractivity contribution in [1.29, 1.82) is 0 Å². The molecule has 0 atom stereocenters. The third-order valence-corrected chi connectivity index (χ3v) is 2.72. The number of carbonyl (C=O) groups excluding carboxylic acids is 1. The summed E-state index contributed by atoms with van der Waals surface area (Å²) in [5.74, 6) is -0.126. The highest BCUT2D eigenvalue weighted by Gasteiger charge is 2.30. The maximum absolute atomic E-state index is 11.3. The van der Waals surface area contributed by atoms with Gasteiger partial charge in [0.2, 0.25) is 0 Å². The molecular weight excluding hydrogens is 182 g/mol. The topological polar surface area (TPSA) is 52.4 Å². The standard InChI is InChI=1S/C10H17NO3/c1-3-14-10(12)8-4-6-9(7-5-8)11(2)13/h8-9H,2-7H2,1H3. The van der Waals surface area contributed by atoms with Gasteiger partial charge in [0.05, 0.1) is 12.5 Å². The molecule has 1 saturated carbocycles. The van der Waals surface area contributed by atoms with E-state index in [0.29, 0.717) is 6.61 Å².